The average molecular weight is 1030 g/mol. The van der Waals surface area contributed by atoms with Crippen molar-refractivity contribution in [3.8, 4) is 94.7 Å². The quantitative estimate of drug-likeness (QED) is 0.0521. The third-order valence-electron chi connectivity index (χ3n) is 12.0. The molecule has 0 aliphatic heterocycles. The van der Waals surface area contributed by atoms with E-state index in [1.165, 1.54) is 0 Å². The van der Waals surface area contributed by atoms with Gasteiger partial charge in [0, 0.05) is 81.0 Å². The van der Waals surface area contributed by atoms with E-state index in [9.17, 15) is 0 Å². The highest BCUT2D eigenvalue weighted by molar-refractivity contribution is 6.10. The predicted molar refractivity (Wildman–Crippen MR) is 310 cm³/mol. The first-order chi connectivity index (χ1) is 38.5. The van der Waals surface area contributed by atoms with Crippen LogP contribution in [-0.2, 0) is 28.4 Å². The summed E-state index contributed by atoms with van der Waals surface area (Å²) in [6, 6.07) is 51.7. The Labute approximate surface area is 458 Å². The molecule has 8 heteroatoms. The molecule has 0 aliphatic carbocycles. The van der Waals surface area contributed by atoms with Crippen molar-refractivity contribution >= 4 is 21.5 Å². The lowest BCUT2D eigenvalue weighted by Gasteiger charge is -2.20. The first-order valence-electron chi connectivity index (χ1n) is 25.6. The van der Waals surface area contributed by atoms with Gasteiger partial charge in [0.2, 0.25) is 0 Å². The van der Waals surface area contributed by atoms with Crippen LogP contribution in [0.2, 0.25) is 0 Å². The van der Waals surface area contributed by atoms with E-state index in [1.54, 1.807) is 14.2 Å². The Morgan fingerprint density at radius 2 is 0.577 bits per heavy atom. The Bertz CT molecular complexity index is 3450. The van der Waals surface area contributed by atoms with E-state index >= 15 is 0 Å². The smallest absolute Gasteiger partial charge is 0.128 e. The Hall–Kier alpha value is -9.00. The second kappa shape index (κ2) is 29.9. The van der Waals surface area contributed by atoms with Crippen LogP contribution in [0.4, 0.5) is 0 Å². The van der Waals surface area contributed by atoms with Gasteiger partial charge in [0.05, 0.1) is 66.1 Å². The fourth-order valence-electron chi connectivity index (χ4n) is 8.18. The highest BCUT2D eigenvalue weighted by Gasteiger charge is 2.20. The predicted octanol–water partition coefficient (Wildman–Crippen LogP) is 11.3. The molecule has 0 atom stereocenters. The van der Waals surface area contributed by atoms with Crippen molar-refractivity contribution in [3.05, 3.63) is 213 Å². The summed E-state index contributed by atoms with van der Waals surface area (Å²) in [6.45, 7) is 5.14. The summed E-state index contributed by atoms with van der Waals surface area (Å²) in [5.41, 5.74) is 10.1. The van der Waals surface area contributed by atoms with Crippen molar-refractivity contribution in [1.82, 2.24) is 0 Å². The second-order valence-electron chi connectivity index (χ2n) is 17.5. The SMILES string of the molecule is C#Cc1cccc(C#Cc2cccc(C#Cc3ccc4c(-c5c(OCCOCCOCCOC)ccc6cc(C#Cc7cccc(C#Cc8cccc(C#C)c8)c7)ccc56)c(OCCOCCOCCOC)ccc4c3)c2)c1. The highest BCUT2D eigenvalue weighted by atomic mass is 16.6. The molecule has 0 unspecified atom stereocenters. The van der Waals surface area contributed by atoms with Gasteiger partial charge in [0.15, 0.2) is 0 Å². The van der Waals surface area contributed by atoms with Crippen LogP contribution in [0, 0.1) is 72.1 Å². The van der Waals surface area contributed by atoms with Crippen molar-refractivity contribution in [3.63, 3.8) is 0 Å². The molecule has 8 aromatic rings. The molecule has 0 radical (unpaired) electrons. The largest absolute Gasteiger partial charge is 0.491 e. The normalized spacial score (nSPS) is 10.4. The third kappa shape index (κ3) is 16.5. The monoisotopic (exact) mass is 1030 g/mol. The molecule has 0 aliphatic rings. The van der Waals surface area contributed by atoms with E-state index < -0.39 is 0 Å². The van der Waals surface area contributed by atoms with E-state index in [2.05, 4.69) is 95.6 Å². The van der Waals surface area contributed by atoms with Gasteiger partial charge in [0.25, 0.3) is 0 Å². The Kier molecular flexibility index (Phi) is 21.2. The fraction of sp³-hybridized carbons (Fsp3) is 0.200. The molecule has 0 N–H and O–H groups in total. The molecule has 0 saturated carbocycles. The van der Waals surface area contributed by atoms with E-state index in [0.717, 1.165) is 88.3 Å². The lowest BCUT2D eigenvalue weighted by Crippen LogP contribution is -2.13. The van der Waals surface area contributed by atoms with Crippen LogP contribution < -0.4 is 9.47 Å². The van der Waals surface area contributed by atoms with Crippen LogP contribution >= 0.6 is 0 Å². The number of fused-ring (bicyclic) bond motifs is 2. The van der Waals surface area contributed by atoms with Gasteiger partial charge in [-0.05, 0) is 131 Å². The molecule has 0 bridgehead atoms. The van der Waals surface area contributed by atoms with E-state index in [4.69, 9.17) is 50.7 Å². The summed E-state index contributed by atoms with van der Waals surface area (Å²) in [5.74, 6) is 33.1. The molecule has 0 fully saturated rings. The molecule has 386 valence electrons. The van der Waals surface area contributed by atoms with Gasteiger partial charge in [-0.1, -0.05) is 108 Å². The standard InChI is InChI=1S/C70H58O8/c1-5-53-11-7-13-55(47-53)19-21-57-15-9-17-59(49-57)23-25-61-27-31-65-63(51-61)29-33-67(77-45-43-75-41-39-73-37-35-71-3)69(65)70-66-32-28-62(52-64(66)30-34-68(70)78-46-44-76-42-40-74-38-36-72-4)26-24-60-18-10-16-58(50-60)22-20-56-14-8-12-54(6-2)48-56/h1-2,7-18,27-34,47-52H,35-46H2,3-4H3. The van der Waals surface area contributed by atoms with Crippen LogP contribution in [0.3, 0.4) is 0 Å². The molecule has 8 nitrogen and oxygen atoms in total. The maximum Gasteiger partial charge on any atom is 0.128 e. The van der Waals surface area contributed by atoms with Crippen molar-refractivity contribution in [2.45, 2.75) is 0 Å². The molecule has 0 aromatic heterocycles. The zero-order valence-corrected chi connectivity index (χ0v) is 43.9. The molecule has 8 aromatic carbocycles. The minimum Gasteiger partial charge on any atom is -0.491 e. The van der Waals surface area contributed by atoms with Crippen LogP contribution in [0.5, 0.6) is 11.5 Å². The van der Waals surface area contributed by atoms with Crippen molar-refractivity contribution in [2.24, 2.45) is 0 Å². The number of hydrogen-bond donors (Lipinski definition) is 0. The van der Waals surface area contributed by atoms with E-state index in [1.807, 2.05) is 121 Å². The zero-order chi connectivity index (χ0) is 54.0. The third-order valence-corrected chi connectivity index (χ3v) is 12.0. The van der Waals surface area contributed by atoms with Gasteiger partial charge in [-0.3, -0.25) is 0 Å². The van der Waals surface area contributed by atoms with E-state index in [-0.39, 0.29) is 0 Å². The molecule has 0 heterocycles. The average Bonchev–Trinajstić information content (AvgIpc) is 3.58. The molecular formula is C70H58O8. The zero-order valence-electron chi connectivity index (χ0n) is 43.9. The maximum absolute atomic E-state index is 6.65. The Balaban J connectivity index is 1.13. The van der Waals surface area contributed by atoms with Gasteiger partial charge in [-0.15, -0.1) is 12.8 Å². The molecule has 78 heavy (non-hydrogen) atoms. The lowest BCUT2D eigenvalue weighted by atomic mass is 9.91. The van der Waals surface area contributed by atoms with Crippen LogP contribution in [0.1, 0.15) is 55.6 Å². The Morgan fingerprint density at radius 1 is 0.295 bits per heavy atom. The van der Waals surface area contributed by atoms with Crippen molar-refractivity contribution in [1.29, 1.82) is 0 Å². The Morgan fingerprint density at radius 3 is 0.897 bits per heavy atom. The topological polar surface area (TPSA) is 73.8 Å². The summed E-state index contributed by atoms with van der Waals surface area (Å²) in [5, 5.41) is 3.85. The molecular weight excluding hydrogens is 969 g/mol. The van der Waals surface area contributed by atoms with Gasteiger partial charge in [-0.25, -0.2) is 0 Å². The first kappa shape index (κ1) is 55.2. The molecule has 0 amide bonds. The number of benzene rings is 8. The minimum absolute atomic E-state index is 0.299. The molecule has 8 rings (SSSR count). The van der Waals surface area contributed by atoms with Gasteiger partial charge in [0.1, 0.15) is 24.7 Å². The number of terminal acetylenes is 2. The van der Waals surface area contributed by atoms with Gasteiger partial charge in [-0.2, -0.15) is 0 Å². The van der Waals surface area contributed by atoms with E-state index in [0.29, 0.717) is 90.8 Å². The molecule has 0 saturated heterocycles. The van der Waals surface area contributed by atoms with Crippen LogP contribution in [0.25, 0.3) is 32.7 Å². The summed E-state index contributed by atoms with van der Waals surface area (Å²) in [4.78, 5) is 0. The van der Waals surface area contributed by atoms with Crippen molar-refractivity contribution in [2.75, 3.05) is 93.5 Å². The second-order valence-corrected chi connectivity index (χ2v) is 17.5. The van der Waals surface area contributed by atoms with Gasteiger partial charge >= 0.3 is 0 Å². The summed E-state index contributed by atoms with van der Waals surface area (Å²) in [7, 11) is 3.30. The highest BCUT2D eigenvalue weighted by Crippen LogP contribution is 2.46. The van der Waals surface area contributed by atoms with Crippen LogP contribution in [0.15, 0.2) is 158 Å². The minimum atomic E-state index is 0.299. The fourth-order valence-corrected chi connectivity index (χ4v) is 8.18. The maximum atomic E-state index is 6.65. The lowest BCUT2D eigenvalue weighted by molar-refractivity contribution is 0.0179. The number of methoxy groups -OCH3 is 2. The van der Waals surface area contributed by atoms with Crippen LogP contribution in [-0.4, -0.2) is 93.5 Å². The summed E-state index contributed by atoms with van der Waals surface area (Å²) >= 11 is 0. The first-order valence-corrected chi connectivity index (χ1v) is 25.6. The number of rotatable bonds is 21. The summed E-state index contributed by atoms with van der Waals surface area (Å²) < 4.78 is 46.5. The summed E-state index contributed by atoms with van der Waals surface area (Å²) in [6.07, 6.45) is 11.2. The van der Waals surface area contributed by atoms with Gasteiger partial charge < -0.3 is 37.9 Å². The number of hydrogen-bond acceptors (Lipinski definition) is 8. The number of ether oxygens (including phenoxy) is 8. The molecule has 0 spiro atoms. The van der Waals surface area contributed by atoms with Crippen molar-refractivity contribution < 1.29 is 37.9 Å².